The quantitative estimate of drug-likeness (QED) is 0.639. The number of methoxy groups -OCH3 is 4. The van der Waals surface area contributed by atoms with Crippen LogP contribution in [0.2, 0.25) is 0 Å². The van der Waals surface area contributed by atoms with Crippen LogP contribution in [0.1, 0.15) is 30.0 Å². The molecule has 0 bridgehead atoms. The van der Waals surface area contributed by atoms with E-state index in [0.717, 1.165) is 54.6 Å². The zero-order chi connectivity index (χ0) is 19.9. The molecule has 1 aliphatic rings. The molecule has 0 radical (unpaired) electrons. The lowest BCUT2D eigenvalue weighted by atomic mass is 9.87. The van der Waals surface area contributed by atoms with Crippen molar-refractivity contribution in [2.24, 2.45) is 0 Å². The van der Waals surface area contributed by atoms with Crippen molar-refractivity contribution in [1.82, 2.24) is 5.32 Å². The summed E-state index contributed by atoms with van der Waals surface area (Å²) in [5, 5.41) is 7.10. The molecule has 1 unspecified atom stereocenters. The number of ether oxygens (including phenoxy) is 4. The zero-order valence-corrected chi connectivity index (χ0v) is 17.1. The van der Waals surface area contributed by atoms with Crippen LogP contribution in [-0.2, 0) is 6.42 Å². The molecule has 0 spiro atoms. The van der Waals surface area contributed by atoms with Gasteiger partial charge in [0.15, 0.2) is 11.5 Å². The van der Waals surface area contributed by atoms with Gasteiger partial charge in [0.05, 0.1) is 28.4 Å². The van der Waals surface area contributed by atoms with Gasteiger partial charge < -0.3 is 29.6 Å². The van der Waals surface area contributed by atoms with Crippen LogP contribution in [0, 0.1) is 0 Å². The van der Waals surface area contributed by atoms with Crippen molar-refractivity contribution in [3.05, 3.63) is 41.5 Å². The molecular formula is C22H30N2O4. The highest BCUT2D eigenvalue weighted by Crippen LogP contribution is 2.38. The minimum Gasteiger partial charge on any atom is -0.497 e. The van der Waals surface area contributed by atoms with Crippen molar-refractivity contribution in [3.63, 3.8) is 0 Å². The van der Waals surface area contributed by atoms with Crippen molar-refractivity contribution >= 4 is 5.69 Å². The molecular weight excluding hydrogens is 356 g/mol. The predicted octanol–water partition coefficient (Wildman–Crippen LogP) is 3.80. The number of rotatable bonds is 9. The molecule has 0 heterocycles. The van der Waals surface area contributed by atoms with Crippen molar-refractivity contribution in [2.45, 2.75) is 25.3 Å². The molecule has 2 aromatic carbocycles. The Balaban J connectivity index is 1.61. The first kappa shape index (κ1) is 20.1. The fourth-order valence-electron chi connectivity index (χ4n) is 3.70. The van der Waals surface area contributed by atoms with E-state index in [-0.39, 0.29) is 0 Å². The highest BCUT2D eigenvalue weighted by Gasteiger charge is 2.22. The first-order valence-electron chi connectivity index (χ1n) is 9.63. The van der Waals surface area contributed by atoms with E-state index in [4.69, 9.17) is 18.9 Å². The van der Waals surface area contributed by atoms with Gasteiger partial charge in [0.25, 0.3) is 0 Å². The average Bonchev–Trinajstić information content (AvgIpc) is 2.75. The van der Waals surface area contributed by atoms with Gasteiger partial charge in [-0.25, -0.2) is 0 Å². The normalized spacial score (nSPS) is 15.5. The summed E-state index contributed by atoms with van der Waals surface area (Å²) in [5.74, 6) is 3.14. The first-order valence-corrected chi connectivity index (χ1v) is 9.63. The molecule has 0 saturated heterocycles. The van der Waals surface area contributed by atoms with Gasteiger partial charge in [0, 0.05) is 43.0 Å². The summed E-state index contributed by atoms with van der Waals surface area (Å²) < 4.78 is 21.6. The second-order valence-corrected chi connectivity index (χ2v) is 6.83. The van der Waals surface area contributed by atoms with Crippen molar-refractivity contribution in [1.29, 1.82) is 0 Å². The van der Waals surface area contributed by atoms with E-state index < -0.39 is 0 Å². The van der Waals surface area contributed by atoms with E-state index in [0.29, 0.717) is 6.04 Å². The topological polar surface area (TPSA) is 61.0 Å². The Kier molecular flexibility index (Phi) is 6.87. The lowest BCUT2D eigenvalue weighted by Crippen LogP contribution is -2.29. The maximum absolute atomic E-state index is 5.49. The Bertz CT molecular complexity index is 772. The largest absolute Gasteiger partial charge is 0.497 e. The predicted molar refractivity (Wildman–Crippen MR) is 111 cm³/mol. The number of anilines is 1. The monoisotopic (exact) mass is 386 g/mol. The number of nitrogens with one attached hydrogen (secondary N) is 2. The van der Waals surface area contributed by atoms with Gasteiger partial charge in [-0.1, -0.05) is 0 Å². The molecule has 2 N–H and O–H groups in total. The number of fused-ring (bicyclic) bond motifs is 1. The van der Waals surface area contributed by atoms with E-state index >= 15 is 0 Å². The van der Waals surface area contributed by atoms with Crippen LogP contribution in [0.3, 0.4) is 0 Å². The number of benzene rings is 2. The molecule has 152 valence electrons. The Morgan fingerprint density at radius 2 is 1.50 bits per heavy atom. The van der Waals surface area contributed by atoms with Crippen LogP contribution in [0.15, 0.2) is 30.3 Å². The molecule has 2 aromatic rings. The Morgan fingerprint density at radius 3 is 2.14 bits per heavy atom. The summed E-state index contributed by atoms with van der Waals surface area (Å²) in [6.07, 6.45) is 3.37. The molecule has 28 heavy (non-hydrogen) atoms. The van der Waals surface area contributed by atoms with Gasteiger partial charge >= 0.3 is 0 Å². The van der Waals surface area contributed by atoms with Gasteiger partial charge in [-0.15, -0.1) is 0 Å². The van der Waals surface area contributed by atoms with Crippen LogP contribution >= 0.6 is 0 Å². The Morgan fingerprint density at radius 1 is 0.821 bits per heavy atom. The second kappa shape index (κ2) is 9.55. The second-order valence-electron chi connectivity index (χ2n) is 6.83. The molecule has 0 saturated carbocycles. The van der Waals surface area contributed by atoms with E-state index in [1.807, 2.05) is 18.2 Å². The zero-order valence-electron chi connectivity index (χ0n) is 17.1. The summed E-state index contributed by atoms with van der Waals surface area (Å²) in [4.78, 5) is 0. The van der Waals surface area contributed by atoms with Crippen LogP contribution in [-0.4, -0.2) is 41.5 Å². The lowest BCUT2D eigenvalue weighted by molar-refractivity contribution is 0.351. The minimum atomic E-state index is 0.324. The fourth-order valence-corrected chi connectivity index (χ4v) is 3.70. The molecule has 6 nitrogen and oxygen atoms in total. The van der Waals surface area contributed by atoms with Crippen LogP contribution < -0.4 is 29.6 Å². The third kappa shape index (κ3) is 4.62. The number of hydrogen-bond donors (Lipinski definition) is 2. The summed E-state index contributed by atoms with van der Waals surface area (Å²) in [7, 11) is 6.68. The first-order chi connectivity index (χ1) is 13.7. The minimum absolute atomic E-state index is 0.324. The molecule has 3 rings (SSSR count). The van der Waals surface area contributed by atoms with Gasteiger partial charge in [0.2, 0.25) is 0 Å². The van der Waals surface area contributed by atoms with Crippen molar-refractivity contribution in [3.8, 4) is 23.0 Å². The van der Waals surface area contributed by atoms with E-state index in [1.165, 1.54) is 17.5 Å². The average molecular weight is 386 g/mol. The van der Waals surface area contributed by atoms with Gasteiger partial charge in [-0.05, 0) is 42.5 Å². The smallest absolute Gasteiger partial charge is 0.161 e. The molecule has 0 fully saturated rings. The Hall–Kier alpha value is -2.60. The Labute approximate surface area is 167 Å². The van der Waals surface area contributed by atoms with Gasteiger partial charge in [-0.2, -0.15) is 0 Å². The van der Waals surface area contributed by atoms with Crippen LogP contribution in [0.4, 0.5) is 5.69 Å². The highest BCUT2D eigenvalue weighted by atomic mass is 16.5. The summed E-state index contributed by atoms with van der Waals surface area (Å²) >= 11 is 0. The standard InChI is InChI=1S/C22H30N2O4/c1-25-17-11-16(12-18(13-17)26-2)23-8-9-24-20-7-5-6-15-10-21(27-3)22(28-4)14-19(15)20/h10-14,20,23-24H,5-9H2,1-4H3. The highest BCUT2D eigenvalue weighted by molar-refractivity contribution is 5.54. The molecule has 0 aliphatic heterocycles. The molecule has 6 heteroatoms. The SMILES string of the molecule is COc1cc(NCCNC2CCCc3cc(OC)c(OC)cc32)cc(OC)c1. The van der Waals surface area contributed by atoms with E-state index in [9.17, 15) is 0 Å². The summed E-state index contributed by atoms with van der Waals surface area (Å²) in [6.45, 7) is 1.65. The van der Waals surface area contributed by atoms with E-state index in [2.05, 4.69) is 22.8 Å². The fraction of sp³-hybridized carbons (Fsp3) is 0.455. The summed E-state index contributed by atoms with van der Waals surface area (Å²) in [5.41, 5.74) is 3.63. The number of aryl methyl sites for hydroxylation is 1. The third-order valence-corrected chi connectivity index (χ3v) is 5.16. The van der Waals surface area contributed by atoms with Gasteiger partial charge in [-0.3, -0.25) is 0 Å². The van der Waals surface area contributed by atoms with Crippen molar-refractivity contribution < 1.29 is 18.9 Å². The van der Waals surface area contributed by atoms with Crippen LogP contribution in [0.25, 0.3) is 0 Å². The van der Waals surface area contributed by atoms with Crippen LogP contribution in [0.5, 0.6) is 23.0 Å². The third-order valence-electron chi connectivity index (χ3n) is 5.16. The summed E-state index contributed by atoms with van der Waals surface area (Å²) in [6, 6.07) is 10.4. The maximum atomic E-state index is 5.49. The molecule has 0 aromatic heterocycles. The maximum Gasteiger partial charge on any atom is 0.161 e. The van der Waals surface area contributed by atoms with Crippen molar-refractivity contribution in [2.75, 3.05) is 46.8 Å². The van der Waals surface area contributed by atoms with E-state index in [1.54, 1.807) is 28.4 Å². The lowest BCUT2D eigenvalue weighted by Gasteiger charge is -2.28. The number of hydrogen-bond acceptors (Lipinski definition) is 6. The molecule has 0 amide bonds. The molecule has 1 atom stereocenters. The molecule has 1 aliphatic carbocycles. The van der Waals surface area contributed by atoms with Gasteiger partial charge in [0.1, 0.15) is 11.5 Å².